The predicted octanol–water partition coefficient (Wildman–Crippen LogP) is 6.89. The highest BCUT2D eigenvalue weighted by Gasteiger charge is 2.70. The van der Waals surface area contributed by atoms with E-state index < -0.39 is 0 Å². The Hall–Kier alpha value is -1.16. The second kappa shape index (κ2) is 8.17. The lowest BCUT2D eigenvalue weighted by atomic mass is 9.33. The van der Waals surface area contributed by atoms with Crippen LogP contribution in [0.1, 0.15) is 113 Å². The summed E-state index contributed by atoms with van der Waals surface area (Å²) in [6.45, 7) is 18.4. The van der Waals surface area contributed by atoms with Gasteiger partial charge in [-0.05, 0) is 96.9 Å². The first-order chi connectivity index (χ1) is 16.7. The van der Waals surface area contributed by atoms with E-state index in [-0.39, 0.29) is 51.7 Å². The Kier molecular flexibility index (Phi) is 6.00. The minimum Gasteiger partial charge on any atom is -0.462 e. The largest absolute Gasteiger partial charge is 0.462 e. The van der Waals surface area contributed by atoms with Crippen molar-refractivity contribution in [1.29, 1.82) is 0 Å². The summed E-state index contributed by atoms with van der Waals surface area (Å²) >= 11 is 0. The van der Waals surface area contributed by atoms with Crippen molar-refractivity contribution in [2.45, 2.75) is 119 Å². The van der Waals surface area contributed by atoms with Gasteiger partial charge in [-0.25, -0.2) is 0 Å². The van der Waals surface area contributed by atoms with Gasteiger partial charge in [-0.3, -0.25) is 9.59 Å². The number of carbonyl (C=O) groups is 2. The molecule has 0 bridgehead atoms. The number of esters is 1. The molecule has 5 aliphatic carbocycles. The first kappa shape index (κ1) is 26.4. The van der Waals surface area contributed by atoms with E-state index in [4.69, 9.17) is 4.74 Å². The lowest BCUT2D eigenvalue weighted by Crippen LogP contribution is -2.65. The maximum atomic E-state index is 13.3. The van der Waals surface area contributed by atoms with Crippen molar-refractivity contribution in [2.24, 2.45) is 50.7 Å². The number of rotatable bonds is 3. The maximum Gasteiger partial charge on any atom is 0.302 e. The summed E-state index contributed by atoms with van der Waals surface area (Å²) in [5.74, 6) is 1.94. The number of ether oxygens (including phenoxy) is 1. The molecule has 1 N–H and O–H groups in total. The Morgan fingerprint density at radius 3 is 2.25 bits per heavy atom. The zero-order chi connectivity index (χ0) is 26.5. The van der Waals surface area contributed by atoms with Crippen LogP contribution in [0.5, 0.6) is 0 Å². The van der Waals surface area contributed by atoms with E-state index in [9.17, 15) is 14.7 Å². The number of Topliss-reactive ketones (excluding diaryl/α,β-unsaturated/α-hetero) is 1. The standard InChI is InChI=1S/C32H50O4/c1-19(2)26-22(35)17-32(18-33)16-15-30(7)21(27(26)32)9-10-24-29(6)13-12-25(36-20(3)34)28(4,5)23(29)11-14-31(24,30)8/h19,21,23-25,33H,9-18H2,1-8H3/t21?,23?,24?,25-,29-,30+,31+,32-/m0/s1. The Bertz CT molecular complexity index is 992. The van der Waals surface area contributed by atoms with E-state index in [1.165, 1.54) is 24.8 Å². The number of allylic oxidation sites excluding steroid dienone is 1. The molecule has 0 saturated heterocycles. The summed E-state index contributed by atoms with van der Waals surface area (Å²) in [4.78, 5) is 25.2. The SMILES string of the molecule is CC(=O)O[C@H]1CC[C@@]2(C)C(CC[C@]3(C)C2CCC2C4=C(C(C)C)C(=O)C[C@]4(CO)CC[C@]23C)C1(C)C. The van der Waals surface area contributed by atoms with Gasteiger partial charge in [-0.15, -0.1) is 0 Å². The summed E-state index contributed by atoms with van der Waals surface area (Å²) in [5, 5.41) is 10.7. The van der Waals surface area contributed by atoms with Crippen LogP contribution in [0.25, 0.3) is 0 Å². The minimum absolute atomic E-state index is 0.00691. The second-order valence-electron chi connectivity index (χ2n) is 15.1. The van der Waals surface area contributed by atoms with Crippen molar-refractivity contribution in [2.75, 3.05) is 6.61 Å². The zero-order valence-corrected chi connectivity index (χ0v) is 24.1. The number of fused-ring (bicyclic) bond motifs is 7. The average molecular weight is 499 g/mol. The molecule has 0 aromatic heterocycles. The smallest absolute Gasteiger partial charge is 0.302 e. The van der Waals surface area contributed by atoms with Crippen molar-refractivity contribution in [3.05, 3.63) is 11.1 Å². The van der Waals surface area contributed by atoms with Gasteiger partial charge >= 0.3 is 5.97 Å². The summed E-state index contributed by atoms with van der Waals surface area (Å²) < 4.78 is 5.88. The molecule has 5 aliphatic rings. The topological polar surface area (TPSA) is 63.6 Å². The molecule has 0 amide bonds. The third-order valence-electron chi connectivity index (χ3n) is 13.1. The molecule has 202 valence electrons. The third-order valence-corrected chi connectivity index (χ3v) is 13.1. The van der Waals surface area contributed by atoms with E-state index in [1.807, 2.05) is 0 Å². The molecule has 4 heteroatoms. The van der Waals surface area contributed by atoms with E-state index in [2.05, 4.69) is 48.5 Å². The molecule has 5 rings (SSSR count). The first-order valence-electron chi connectivity index (χ1n) is 14.7. The van der Waals surface area contributed by atoms with Gasteiger partial charge in [0.1, 0.15) is 6.10 Å². The number of hydrogen-bond acceptors (Lipinski definition) is 4. The first-order valence-corrected chi connectivity index (χ1v) is 14.7. The van der Waals surface area contributed by atoms with Gasteiger partial charge in [0.15, 0.2) is 5.78 Å². The number of hydrogen-bond donors (Lipinski definition) is 1. The van der Waals surface area contributed by atoms with Gasteiger partial charge in [0.25, 0.3) is 0 Å². The van der Waals surface area contributed by atoms with Gasteiger partial charge in [0, 0.05) is 24.2 Å². The van der Waals surface area contributed by atoms with E-state index in [0.29, 0.717) is 30.0 Å². The molecule has 36 heavy (non-hydrogen) atoms. The highest BCUT2D eigenvalue weighted by Crippen LogP contribution is 2.76. The summed E-state index contributed by atoms with van der Waals surface area (Å²) in [6.07, 6.45) is 9.36. The van der Waals surface area contributed by atoms with Crippen LogP contribution in [0.15, 0.2) is 11.1 Å². The average Bonchev–Trinajstić information content (AvgIpc) is 3.09. The molecule has 0 aliphatic heterocycles. The summed E-state index contributed by atoms with van der Waals surface area (Å²) in [6, 6.07) is 0. The molecule has 4 nitrogen and oxygen atoms in total. The van der Waals surface area contributed by atoms with Crippen LogP contribution in [0.3, 0.4) is 0 Å². The van der Waals surface area contributed by atoms with Gasteiger partial charge in [0.05, 0.1) is 6.61 Å². The quantitative estimate of drug-likeness (QED) is 0.430. The third kappa shape index (κ3) is 3.21. The molecule has 3 unspecified atom stereocenters. The number of ketones is 1. The van der Waals surface area contributed by atoms with E-state index >= 15 is 0 Å². The van der Waals surface area contributed by atoms with Crippen LogP contribution in [0.4, 0.5) is 0 Å². The highest BCUT2D eigenvalue weighted by atomic mass is 16.5. The van der Waals surface area contributed by atoms with Crippen LogP contribution in [0, 0.1) is 50.7 Å². The Morgan fingerprint density at radius 2 is 1.64 bits per heavy atom. The van der Waals surface area contributed by atoms with Gasteiger partial charge in [0.2, 0.25) is 0 Å². The fourth-order valence-electron chi connectivity index (χ4n) is 11.3. The van der Waals surface area contributed by atoms with Crippen molar-refractivity contribution in [3.63, 3.8) is 0 Å². The molecule has 0 spiro atoms. The van der Waals surface area contributed by atoms with Crippen molar-refractivity contribution in [3.8, 4) is 0 Å². The molecule has 0 aromatic carbocycles. The lowest BCUT2D eigenvalue weighted by Gasteiger charge is -2.72. The van der Waals surface area contributed by atoms with Crippen molar-refractivity contribution >= 4 is 11.8 Å². The number of carbonyl (C=O) groups excluding carboxylic acids is 2. The van der Waals surface area contributed by atoms with Crippen LogP contribution in [-0.2, 0) is 14.3 Å². The fraction of sp³-hybridized carbons (Fsp3) is 0.875. The van der Waals surface area contributed by atoms with Crippen LogP contribution >= 0.6 is 0 Å². The molecule has 8 atom stereocenters. The van der Waals surface area contributed by atoms with Gasteiger partial charge in [-0.1, -0.05) is 54.0 Å². The Morgan fingerprint density at radius 1 is 0.944 bits per heavy atom. The van der Waals surface area contributed by atoms with Gasteiger partial charge < -0.3 is 9.84 Å². The number of aliphatic hydroxyl groups is 1. The van der Waals surface area contributed by atoms with Gasteiger partial charge in [-0.2, -0.15) is 0 Å². The second-order valence-corrected chi connectivity index (χ2v) is 15.1. The summed E-state index contributed by atoms with van der Waals surface area (Å²) in [5.41, 5.74) is 2.66. The van der Waals surface area contributed by atoms with Crippen molar-refractivity contribution < 1.29 is 19.4 Å². The Labute approximate surface area is 219 Å². The molecule has 0 heterocycles. The Balaban J connectivity index is 1.55. The van der Waals surface area contributed by atoms with E-state index in [0.717, 1.165) is 37.7 Å². The van der Waals surface area contributed by atoms with Crippen LogP contribution < -0.4 is 0 Å². The molecule has 0 aromatic rings. The van der Waals surface area contributed by atoms with E-state index in [1.54, 1.807) is 6.92 Å². The number of aliphatic hydroxyl groups excluding tert-OH is 1. The molecule has 0 radical (unpaired) electrons. The molecular formula is C32H50O4. The van der Waals surface area contributed by atoms with Crippen LogP contribution in [-0.4, -0.2) is 29.6 Å². The minimum atomic E-state index is -0.310. The predicted molar refractivity (Wildman–Crippen MR) is 142 cm³/mol. The zero-order valence-electron chi connectivity index (χ0n) is 24.1. The maximum absolute atomic E-state index is 13.3. The highest BCUT2D eigenvalue weighted by molar-refractivity contribution is 6.00. The fourth-order valence-corrected chi connectivity index (χ4v) is 11.3. The monoisotopic (exact) mass is 498 g/mol. The summed E-state index contributed by atoms with van der Waals surface area (Å²) in [7, 11) is 0. The molecule has 4 saturated carbocycles. The molecular weight excluding hydrogens is 448 g/mol. The van der Waals surface area contributed by atoms with Crippen LogP contribution in [0.2, 0.25) is 0 Å². The molecule has 4 fully saturated rings. The normalized spacial score (nSPS) is 47.7. The van der Waals surface area contributed by atoms with Crippen molar-refractivity contribution in [1.82, 2.24) is 0 Å². The lowest BCUT2D eigenvalue weighted by molar-refractivity contribution is -0.233.